The zero-order chi connectivity index (χ0) is 22.8. The van der Waals surface area contributed by atoms with Gasteiger partial charge in [-0.3, -0.25) is 9.59 Å². The Kier molecular flexibility index (Phi) is 5.91. The number of aryl methyl sites for hydroxylation is 1. The minimum Gasteiger partial charge on any atom is -0.456 e. The van der Waals surface area contributed by atoms with E-state index in [0.29, 0.717) is 39.5 Å². The fourth-order valence-corrected chi connectivity index (χ4v) is 3.42. The number of halogens is 1. The summed E-state index contributed by atoms with van der Waals surface area (Å²) in [6, 6.07) is 14.8. The normalized spacial score (nSPS) is 10.8. The van der Waals surface area contributed by atoms with Gasteiger partial charge in [0.2, 0.25) is 0 Å². The SMILES string of the molecule is Cc1cc2nc(COC(=O)c3cccc(NC(=O)c4ccc(Br)cc4)c3C)cc(=O)n2o1. The Balaban J connectivity index is 1.49. The van der Waals surface area contributed by atoms with Gasteiger partial charge in [0.25, 0.3) is 11.5 Å². The molecule has 0 aliphatic heterocycles. The topological polar surface area (TPSA) is 103 Å². The molecule has 0 saturated carbocycles. The van der Waals surface area contributed by atoms with E-state index in [4.69, 9.17) is 9.26 Å². The molecule has 0 fully saturated rings. The van der Waals surface area contributed by atoms with Gasteiger partial charge in [0, 0.05) is 27.9 Å². The van der Waals surface area contributed by atoms with Crippen LogP contribution in [0.1, 0.15) is 37.7 Å². The molecule has 2 heterocycles. The van der Waals surface area contributed by atoms with Crippen LogP contribution in [0.25, 0.3) is 5.65 Å². The smallest absolute Gasteiger partial charge is 0.338 e. The molecule has 0 aliphatic carbocycles. The molecule has 162 valence electrons. The second-order valence-corrected chi connectivity index (χ2v) is 8.02. The summed E-state index contributed by atoms with van der Waals surface area (Å²) >= 11 is 3.34. The van der Waals surface area contributed by atoms with Crippen LogP contribution in [-0.2, 0) is 11.3 Å². The van der Waals surface area contributed by atoms with Crippen LogP contribution in [0.5, 0.6) is 0 Å². The summed E-state index contributed by atoms with van der Waals surface area (Å²) in [5.41, 5.74) is 2.11. The molecular weight excluding hydrogens is 478 g/mol. The summed E-state index contributed by atoms with van der Waals surface area (Å²) in [7, 11) is 0. The molecule has 2 aromatic carbocycles. The molecule has 0 radical (unpaired) electrons. The maximum Gasteiger partial charge on any atom is 0.338 e. The minimum atomic E-state index is -0.590. The highest BCUT2D eigenvalue weighted by atomic mass is 79.9. The molecular formula is C23H18BrN3O5. The zero-order valence-electron chi connectivity index (χ0n) is 17.2. The van der Waals surface area contributed by atoms with Gasteiger partial charge in [-0.15, -0.1) is 4.57 Å². The van der Waals surface area contributed by atoms with E-state index in [1.54, 1.807) is 62.4 Å². The van der Waals surface area contributed by atoms with E-state index in [9.17, 15) is 14.4 Å². The lowest BCUT2D eigenvalue weighted by atomic mass is 10.1. The number of carbonyl (C=O) groups excluding carboxylic acids is 2. The number of carbonyl (C=O) groups is 2. The highest BCUT2D eigenvalue weighted by molar-refractivity contribution is 9.10. The average molecular weight is 496 g/mol. The lowest BCUT2D eigenvalue weighted by Gasteiger charge is -2.12. The molecule has 32 heavy (non-hydrogen) atoms. The van der Waals surface area contributed by atoms with Gasteiger partial charge < -0.3 is 14.6 Å². The predicted molar refractivity (Wildman–Crippen MR) is 121 cm³/mol. The first kappa shape index (κ1) is 21.5. The Hall–Kier alpha value is -3.72. The van der Waals surface area contributed by atoms with Gasteiger partial charge in [0.15, 0.2) is 5.65 Å². The molecule has 1 amide bonds. The van der Waals surface area contributed by atoms with Crippen LogP contribution >= 0.6 is 15.9 Å². The number of nitrogens with zero attached hydrogens (tertiary/aromatic N) is 2. The molecule has 9 heteroatoms. The van der Waals surface area contributed by atoms with Crippen molar-refractivity contribution >= 4 is 39.1 Å². The maximum atomic E-state index is 12.7. The van der Waals surface area contributed by atoms with Gasteiger partial charge in [-0.25, -0.2) is 9.78 Å². The van der Waals surface area contributed by atoms with Crippen molar-refractivity contribution in [1.82, 2.24) is 9.56 Å². The van der Waals surface area contributed by atoms with Crippen molar-refractivity contribution < 1.29 is 18.8 Å². The standard InChI is InChI=1S/C23H18BrN3O5/c1-13-10-20-25-17(11-21(28)27(20)32-13)12-31-23(30)18-4-3-5-19(14(18)2)26-22(29)15-6-8-16(24)9-7-15/h3-11H,12H2,1-2H3,(H,26,29). The van der Waals surface area contributed by atoms with Crippen LogP contribution in [0.4, 0.5) is 5.69 Å². The Labute approximate surface area is 190 Å². The van der Waals surface area contributed by atoms with Crippen LogP contribution in [0.15, 0.2) is 68.4 Å². The number of nitrogens with one attached hydrogen (secondary N) is 1. The van der Waals surface area contributed by atoms with Crippen molar-refractivity contribution in [3.05, 3.63) is 97.6 Å². The van der Waals surface area contributed by atoms with Crippen molar-refractivity contribution in [2.75, 3.05) is 5.32 Å². The van der Waals surface area contributed by atoms with E-state index in [0.717, 1.165) is 9.05 Å². The fourth-order valence-electron chi connectivity index (χ4n) is 3.15. The molecule has 0 unspecified atom stereocenters. The highest BCUT2D eigenvalue weighted by Gasteiger charge is 2.16. The zero-order valence-corrected chi connectivity index (χ0v) is 18.8. The number of rotatable bonds is 5. The van der Waals surface area contributed by atoms with Crippen LogP contribution in [-0.4, -0.2) is 21.4 Å². The van der Waals surface area contributed by atoms with E-state index in [-0.39, 0.29) is 12.5 Å². The number of aromatic nitrogens is 2. The average Bonchev–Trinajstić information content (AvgIpc) is 3.15. The van der Waals surface area contributed by atoms with Crippen molar-refractivity contribution in [2.45, 2.75) is 20.5 Å². The van der Waals surface area contributed by atoms with E-state index >= 15 is 0 Å². The van der Waals surface area contributed by atoms with Crippen LogP contribution < -0.4 is 10.9 Å². The monoisotopic (exact) mass is 495 g/mol. The second-order valence-electron chi connectivity index (χ2n) is 7.10. The van der Waals surface area contributed by atoms with Crippen LogP contribution in [0.2, 0.25) is 0 Å². The molecule has 4 rings (SSSR count). The molecule has 1 N–H and O–H groups in total. The highest BCUT2D eigenvalue weighted by Crippen LogP contribution is 2.21. The number of hydrogen-bond acceptors (Lipinski definition) is 6. The first-order chi connectivity index (χ1) is 15.3. The van der Waals surface area contributed by atoms with Crippen molar-refractivity contribution in [1.29, 1.82) is 0 Å². The second kappa shape index (κ2) is 8.80. The fraction of sp³-hybridized carbons (Fsp3) is 0.130. The summed E-state index contributed by atoms with van der Waals surface area (Å²) in [5, 5.41) is 2.82. The van der Waals surface area contributed by atoms with E-state index in [2.05, 4.69) is 26.2 Å². The quantitative estimate of drug-likeness (QED) is 0.414. The summed E-state index contributed by atoms with van der Waals surface area (Å²) in [5.74, 6) is -0.339. The number of fused-ring (bicyclic) bond motifs is 1. The van der Waals surface area contributed by atoms with E-state index < -0.39 is 11.5 Å². The Morgan fingerprint density at radius 3 is 2.62 bits per heavy atom. The Bertz CT molecular complexity index is 1390. The summed E-state index contributed by atoms with van der Waals surface area (Å²) in [6.45, 7) is 3.25. The van der Waals surface area contributed by atoms with E-state index in [1.165, 1.54) is 6.07 Å². The van der Waals surface area contributed by atoms with Gasteiger partial charge in [-0.05, 0) is 55.8 Å². The third-order valence-corrected chi connectivity index (χ3v) is 5.31. The molecule has 0 atom stereocenters. The van der Waals surface area contributed by atoms with E-state index in [1.807, 2.05) is 0 Å². The first-order valence-electron chi connectivity index (χ1n) is 9.65. The van der Waals surface area contributed by atoms with Gasteiger partial charge >= 0.3 is 5.97 Å². The number of anilines is 1. The Morgan fingerprint density at radius 1 is 1.12 bits per heavy atom. The van der Waals surface area contributed by atoms with Crippen molar-refractivity contribution in [2.24, 2.45) is 0 Å². The number of hydrogen-bond donors (Lipinski definition) is 1. The van der Waals surface area contributed by atoms with Gasteiger partial charge in [0.05, 0.1) is 11.3 Å². The molecule has 0 saturated heterocycles. The minimum absolute atomic E-state index is 0.177. The van der Waals surface area contributed by atoms with Gasteiger partial charge in [-0.2, -0.15) is 0 Å². The first-order valence-corrected chi connectivity index (χ1v) is 10.4. The summed E-state index contributed by atoms with van der Waals surface area (Å²) < 4.78 is 12.6. The van der Waals surface area contributed by atoms with Crippen LogP contribution in [0, 0.1) is 13.8 Å². The number of amides is 1. The van der Waals surface area contributed by atoms with Crippen molar-refractivity contribution in [3.8, 4) is 0 Å². The van der Waals surface area contributed by atoms with Crippen molar-refractivity contribution in [3.63, 3.8) is 0 Å². The summed E-state index contributed by atoms with van der Waals surface area (Å²) in [4.78, 5) is 41.6. The Morgan fingerprint density at radius 2 is 1.88 bits per heavy atom. The van der Waals surface area contributed by atoms with Gasteiger partial charge in [0.1, 0.15) is 12.4 Å². The molecule has 4 aromatic rings. The number of ether oxygens (including phenoxy) is 1. The largest absolute Gasteiger partial charge is 0.456 e. The summed E-state index contributed by atoms with van der Waals surface area (Å²) in [6.07, 6.45) is 0. The molecule has 8 nitrogen and oxygen atoms in total. The third kappa shape index (κ3) is 4.47. The predicted octanol–water partition coefficient (Wildman–Crippen LogP) is 4.28. The third-order valence-electron chi connectivity index (χ3n) is 4.78. The molecule has 2 aromatic heterocycles. The number of esters is 1. The maximum absolute atomic E-state index is 12.7. The number of benzene rings is 2. The lowest BCUT2D eigenvalue weighted by Crippen LogP contribution is -2.16. The molecule has 0 aliphatic rings. The van der Waals surface area contributed by atoms with Gasteiger partial charge in [-0.1, -0.05) is 22.0 Å². The molecule has 0 spiro atoms. The lowest BCUT2D eigenvalue weighted by molar-refractivity contribution is 0.0466. The van der Waals surface area contributed by atoms with Crippen LogP contribution in [0.3, 0.4) is 0 Å². The molecule has 0 bridgehead atoms.